The minimum Gasteiger partial charge on any atom is -0.747 e. The summed E-state index contributed by atoms with van der Waals surface area (Å²) in [5.74, 6) is -2.93. The summed E-state index contributed by atoms with van der Waals surface area (Å²) in [5.41, 5.74) is 0. The van der Waals surface area contributed by atoms with Gasteiger partial charge in [0, 0.05) is 12.8 Å². The molecule has 0 rings (SSSR count). The third-order valence-corrected chi connectivity index (χ3v) is 4.24. The summed E-state index contributed by atoms with van der Waals surface area (Å²) in [4.78, 5) is 23.1. The second-order valence-electron chi connectivity index (χ2n) is 5.72. The molecule has 0 radical (unpaired) electrons. The van der Waals surface area contributed by atoms with Crippen molar-refractivity contribution in [3.05, 3.63) is 0 Å². The van der Waals surface area contributed by atoms with Gasteiger partial charge in [-0.2, -0.15) is 26.3 Å². The summed E-state index contributed by atoms with van der Waals surface area (Å²) >= 11 is 0. The minimum absolute atomic E-state index is 0. The Morgan fingerprint density at radius 1 is 0.828 bits per heavy atom. The van der Waals surface area contributed by atoms with Crippen molar-refractivity contribution in [1.29, 1.82) is 0 Å². The molecular formula is C14H19F6NaO7S. The topological polar surface area (TPSA) is 110 Å². The van der Waals surface area contributed by atoms with Crippen LogP contribution in [0.25, 0.3) is 0 Å². The van der Waals surface area contributed by atoms with Crippen molar-refractivity contribution in [3.8, 4) is 0 Å². The molecule has 15 heteroatoms. The molecule has 0 aliphatic carbocycles. The molecule has 1 atom stereocenters. The Bertz CT molecular complexity index is 607. The number of unbranched alkanes of at least 4 members (excludes halogenated alkanes) is 2. The first kappa shape index (κ1) is 30.6. The number of hydrogen-bond acceptors (Lipinski definition) is 7. The number of alkyl halides is 6. The summed E-state index contributed by atoms with van der Waals surface area (Å²) < 4.78 is 114. The Balaban J connectivity index is 0. The number of carbonyl (C=O) groups excluding carboxylic acids is 2. The van der Waals surface area contributed by atoms with E-state index < -0.39 is 78.6 Å². The molecule has 0 aromatic rings. The maximum atomic E-state index is 11.9. The molecule has 7 nitrogen and oxygen atoms in total. The minimum atomic E-state index is -5.33. The zero-order chi connectivity index (χ0) is 22.0. The van der Waals surface area contributed by atoms with Crippen molar-refractivity contribution < 1.29 is 87.9 Å². The van der Waals surface area contributed by atoms with Gasteiger partial charge in [0.05, 0.1) is 19.6 Å². The molecule has 1 unspecified atom stereocenters. The molecular weight excluding hydrogens is 449 g/mol. The van der Waals surface area contributed by atoms with Gasteiger partial charge in [0.1, 0.15) is 10.1 Å². The van der Waals surface area contributed by atoms with Crippen molar-refractivity contribution >= 4 is 22.1 Å². The summed E-state index contributed by atoms with van der Waals surface area (Å²) in [6.07, 6.45) is -13.4. The molecule has 0 saturated carbocycles. The van der Waals surface area contributed by atoms with Crippen LogP contribution in [-0.4, -0.2) is 55.7 Å². The van der Waals surface area contributed by atoms with E-state index in [1.54, 1.807) is 0 Å². The van der Waals surface area contributed by atoms with Crippen molar-refractivity contribution in [1.82, 2.24) is 0 Å². The monoisotopic (exact) mass is 468 g/mol. The smallest absolute Gasteiger partial charge is 0.747 e. The van der Waals surface area contributed by atoms with E-state index in [1.807, 2.05) is 0 Å². The van der Waals surface area contributed by atoms with Crippen LogP contribution in [0.1, 0.15) is 44.9 Å². The maximum absolute atomic E-state index is 11.9. The average Bonchev–Trinajstić information content (AvgIpc) is 2.48. The Morgan fingerprint density at radius 2 is 1.24 bits per heavy atom. The first-order valence-corrected chi connectivity index (χ1v) is 9.49. The van der Waals surface area contributed by atoms with Crippen LogP contribution < -0.4 is 29.6 Å². The molecule has 0 bridgehead atoms. The molecule has 166 valence electrons. The van der Waals surface area contributed by atoms with Crippen molar-refractivity contribution in [2.45, 2.75) is 62.5 Å². The van der Waals surface area contributed by atoms with E-state index in [1.165, 1.54) is 0 Å². The van der Waals surface area contributed by atoms with Crippen LogP contribution in [0.15, 0.2) is 0 Å². The maximum Gasteiger partial charge on any atom is 1.00 e. The second kappa shape index (κ2) is 13.7. The van der Waals surface area contributed by atoms with Crippen LogP contribution in [0.3, 0.4) is 0 Å². The third kappa shape index (κ3) is 18.0. The van der Waals surface area contributed by atoms with Crippen LogP contribution in [0.2, 0.25) is 0 Å². The number of rotatable bonds is 12. The predicted molar refractivity (Wildman–Crippen MR) is 79.8 cm³/mol. The van der Waals surface area contributed by atoms with Crippen LogP contribution >= 0.6 is 0 Å². The van der Waals surface area contributed by atoms with E-state index in [2.05, 4.69) is 9.47 Å². The fraction of sp³-hybridized carbons (Fsp3) is 0.857. The normalized spacial score (nSPS) is 13.3. The largest absolute Gasteiger partial charge is 1.00 e. The van der Waals surface area contributed by atoms with Crippen LogP contribution in [0.5, 0.6) is 0 Å². The Labute approximate surface area is 185 Å². The van der Waals surface area contributed by atoms with Gasteiger partial charge in [-0.3, -0.25) is 9.59 Å². The molecule has 0 amide bonds. The average molecular weight is 468 g/mol. The zero-order valence-corrected chi connectivity index (χ0v) is 18.3. The van der Waals surface area contributed by atoms with Gasteiger partial charge in [-0.15, -0.1) is 0 Å². The third-order valence-electron chi connectivity index (χ3n) is 3.18. The SMILES string of the molecule is O=C(CC(C(=O)OCCCCC(F)(F)F)S(=O)(=O)[O-])OCCCCC(F)(F)F.[Na+]. The number of carbonyl (C=O) groups is 2. The summed E-state index contributed by atoms with van der Waals surface area (Å²) in [6.45, 7) is -1.07. The molecule has 0 N–H and O–H groups in total. The van der Waals surface area contributed by atoms with Crippen molar-refractivity contribution in [3.63, 3.8) is 0 Å². The molecule has 0 fully saturated rings. The van der Waals surface area contributed by atoms with E-state index in [4.69, 9.17) is 0 Å². The Kier molecular flexibility index (Phi) is 14.4. The van der Waals surface area contributed by atoms with E-state index in [-0.39, 0.29) is 48.8 Å². The fourth-order valence-electron chi connectivity index (χ4n) is 1.82. The van der Waals surface area contributed by atoms with E-state index in [0.29, 0.717) is 0 Å². The number of halogens is 6. The van der Waals surface area contributed by atoms with Crippen LogP contribution in [0.4, 0.5) is 26.3 Å². The van der Waals surface area contributed by atoms with Gasteiger partial charge in [0.15, 0.2) is 5.25 Å². The molecule has 0 spiro atoms. The molecule has 0 aromatic heterocycles. The van der Waals surface area contributed by atoms with E-state index >= 15 is 0 Å². The molecule has 0 saturated heterocycles. The van der Waals surface area contributed by atoms with Gasteiger partial charge in [-0.1, -0.05) is 0 Å². The number of hydrogen-bond donors (Lipinski definition) is 0. The summed E-state index contributed by atoms with van der Waals surface area (Å²) in [5, 5.41) is -2.46. The quantitative estimate of drug-likeness (QED) is 0.129. The molecule has 0 aromatic carbocycles. The molecule has 0 aliphatic rings. The number of esters is 2. The Morgan fingerprint density at radius 3 is 1.62 bits per heavy atom. The van der Waals surface area contributed by atoms with Crippen LogP contribution in [0, 0.1) is 0 Å². The van der Waals surface area contributed by atoms with Gasteiger partial charge in [-0.25, -0.2) is 8.42 Å². The predicted octanol–water partition coefficient (Wildman–Crippen LogP) is -0.154. The number of ether oxygens (including phenoxy) is 2. The van der Waals surface area contributed by atoms with Crippen molar-refractivity contribution in [2.24, 2.45) is 0 Å². The summed E-state index contributed by atoms with van der Waals surface area (Å²) in [7, 11) is -5.33. The molecule has 0 heterocycles. The standard InChI is InChI=1S/C14H20F6O7S.Na/c15-13(16,17)5-1-3-7-26-11(21)9-10(28(23,24)25)12(22)27-8-4-2-6-14(18,19)20;/h10H,1-9H2,(H,23,24,25);/q;+1/p-1. The van der Waals surface area contributed by atoms with Crippen LogP contribution in [-0.2, 0) is 29.2 Å². The van der Waals surface area contributed by atoms with Gasteiger partial charge >= 0.3 is 53.8 Å². The fourth-order valence-corrected chi connectivity index (χ4v) is 2.46. The molecule has 0 aliphatic heterocycles. The van der Waals surface area contributed by atoms with Gasteiger partial charge in [0.25, 0.3) is 0 Å². The van der Waals surface area contributed by atoms with Crippen molar-refractivity contribution in [2.75, 3.05) is 13.2 Å². The van der Waals surface area contributed by atoms with Gasteiger partial charge in [0.2, 0.25) is 0 Å². The first-order valence-electron chi connectivity index (χ1n) is 8.02. The summed E-state index contributed by atoms with van der Waals surface area (Å²) in [6, 6.07) is 0. The van der Waals surface area contributed by atoms with E-state index in [0.717, 1.165) is 0 Å². The first-order chi connectivity index (χ1) is 12.6. The van der Waals surface area contributed by atoms with Gasteiger partial charge in [-0.05, 0) is 25.7 Å². The Hall–Kier alpha value is -0.570. The second-order valence-corrected chi connectivity index (χ2v) is 7.27. The molecule has 29 heavy (non-hydrogen) atoms. The van der Waals surface area contributed by atoms with E-state index in [9.17, 15) is 48.9 Å². The zero-order valence-electron chi connectivity index (χ0n) is 15.5. The van der Waals surface area contributed by atoms with Gasteiger partial charge < -0.3 is 14.0 Å².